The van der Waals surface area contributed by atoms with Crippen LogP contribution in [0, 0.1) is 5.92 Å². The SMILES string of the molecule is CC(C)CNCc1cccc(Cl)c1N(C)CCC(F)(F)F. The Morgan fingerprint density at radius 3 is 2.52 bits per heavy atom. The van der Waals surface area contributed by atoms with Crippen LogP contribution in [-0.4, -0.2) is 26.3 Å². The number of para-hydroxylation sites is 1. The third-order valence-electron chi connectivity index (χ3n) is 3.05. The predicted octanol–water partition coefficient (Wildman–Crippen LogP) is 4.47. The summed E-state index contributed by atoms with van der Waals surface area (Å²) in [5.41, 5.74) is 1.58. The Hall–Kier alpha value is -0.940. The summed E-state index contributed by atoms with van der Waals surface area (Å²) < 4.78 is 37.1. The fourth-order valence-corrected chi connectivity index (χ4v) is 2.37. The lowest BCUT2D eigenvalue weighted by Gasteiger charge is -2.24. The highest BCUT2D eigenvalue weighted by Gasteiger charge is 2.27. The van der Waals surface area contributed by atoms with Crippen molar-refractivity contribution in [2.24, 2.45) is 5.92 Å². The van der Waals surface area contributed by atoms with Crippen LogP contribution >= 0.6 is 11.6 Å². The van der Waals surface area contributed by atoms with Gasteiger partial charge in [-0.15, -0.1) is 0 Å². The highest BCUT2D eigenvalue weighted by molar-refractivity contribution is 6.33. The Kier molecular flexibility index (Phi) is 6.81. The third kappa shape index (κ3) is 6.57. The van der Waals surface area contributed by atoms with Crippen LogP contribution < -0.4 is 10.2 Å². The molecular formula is C15H22ClF3N2. The quantitative estimate of drug-likeness (QED) is 0.796. The fourth-order valence-electron chi connectivity index (χ4n) is 2.03. The molecule has 0 saturated heterocycles. The fraction of sp³-hybridized carbons (Fsp3) is 0.600. The van der Waals surface area contributed by atoms with Gasteiger partial charge >= 0.3 is 6.18 Å². The molecule has 0 aromatic heterocycles. The number of nitrogens with one attached hydrogen (secondary N) is 1. The summed E-state index contributed by atoms with van der Waals surface area (Å²) in [5.74, 6) is 0.510. The van der Waals surface area contributed by atoms with E-state index >= 15 is 0 Å². The van der Waals surface area contributed by atoms with Gasteiger partial charge in [0.05, 0.1) is 17.1 Å². The number of nitrogens with zero attached hydrogens (tertiary/aromatic N) is 1. The van der Waals surface area contributed by atoms with E-state index in [4.69, 9.17) is 11.6 Å². The first-order valence-corrected chi connectivity index (χ1v) is 7.34. The molecule has 0 aliphatic rings. The summed E-state index contributed by atoms with van der Waals surface area (Å²) in [4.78, 5) is 1.57. The topological polar surface area (TPSA) is 15.3 Å². The van der Waals surface area contributed by atoms with Crippen molar-refractivity contribution in [1.29, 1.82) is 0 Å². The van der Waals surface area contributed by atoms with E-state index in [1.807, 2.05) is 12.1 Å². The van der Waals surface area contributed by atoms with Crippen LogP contribution in [0.15, 0.2) is 18.2 Å². The molecule has 6 heteroatoms. The predicted molar refractivity (Wildman–Crippen MR) is 81.9 cm³/mol. The van der Waals surface area contributed by atoms with Crippen molar-refractivity contribution in [3.8, 4) is 0 Å². The molecule has 0 amide bonds. The van der Waals surface area contributed by atoms with E-state index in [0.717, 1.165) is 12.1 Å². The lowest BCUT2D eigenvalue weighted by molar-refractivity contribution is -0.132. The number of anilines is 1. The van der Waals surface area contributed by atoms with Crippen LogP contribution in [-0.2, 0) is 6.54 Å². The first-order chi connectivity index (χ1) is 9.70. The highest BCUT2D eigenvalue weighted by Crippen LogP contribution is 2.30. The summed E-state index contributed by atoms with van der Waals surface area (Å²) in [6, 6.07) is 5.40. The molecule has 1 N–H and O–H groups in total. The summed E-state index contributed by atoms with van der Waals surface area (Å²) in [7, 11) is 1.64. The second kappa shape index (κ2) is 7.90. The van der Waals surface area contributed by atoms with Crippen LogP contribution in [0.3, 0.4) is 0 Å². The van der Waals surface area contributed by atoms with Gasteiger partial charge in [-0.25, -0.2) is 0 Å². The minimum atomic E-state index is -4.16. The number of halogens is 4. The lowest BCUT2D eigenvalue weighted by atomic mass is 10.1. The first-order valence-electron chi connectivity index (χ1n) is 6.96. The Morgan fingerprint density at radius 1 is 1.29 bits per heavy atom. The summed E-state index contributed by atoms with van der Waals surface area (Å²) in [6.07, 6.45) is -5.01. The minimum Gasteiger partial charge on any atom is -0.373 e. The van der Waals surface area contributed by atoms with Gasteiger partial charge < -0.3 is 10.2 Å². The zero-order valence-electron chi connectivity index (χ0n) is 12.6. The second-order valence-corrected chi connectivity index (χ2v) is 5.97. The van der Waals surface area contributed by atoms with Crippen molar-refractivity contribution < 1.29 is 13.2 Å². The van der Waals surface area contributed by atoms with Gasteiger partial charge in [-0.3, -0.25) is 0 Å². The van der Waals surface area contributed by atoms with E-state index in [-0.39, 0.29) is 6.54 Å². The molecule has 1 aromatic rings. The monoisotopic (exact) mass is 322 g/mol. The van der Waals surface area contributed by atoms with Crippen LogP contribution in [0.25, 0.3) is 0 Å². The normalized spacial score (nSPS) is 12.0. The van der Waals surface area contributed by atoms with E-state index < -0.39 is 12.6 Å². The largest absolute Gasteiger partial charge is 0.390 e. The lowest BCUT2D eigenvalue weighted by Crippen LogP contribution is -2.26. The Labute approximate surface area is 129 Å². The molecule has 0 heterocycles. The molecule has 21 heavy (non-hydrogen) atoms. The average molecular weight is 323 g/mol. The maximum atomic E-state index is 12.4. The average Bonchev–Trinajstić information content (AvgIpc) is 2.35. The van der Waals surface area contributed by atoms with Gasteiger partial charge in [-0.1, -0.05) is 37.6 Å². The molecule has 0 saturated carbocycles. The third-order valence-corrected chi connectivity index (χ3v) is 3.36. The zero-order chi connectivity index (χ0) is 16.0. The number of hydrogen-bond donors (Lipinski definition) is 1. The molecule has 120 valence electrons. The molecule has 0 radical (unpaired) electrons. The van der Waals surface area contributed by atoms with Crippen LogP contribution in [0.1, 0.15) is 25.8 Å². The van der Waals surface area contributed by atoms with Crippen LogP contribution in [0.4, 0.5) is 18.9 Å². The maximum Gasteiger partial charge on any atom is 0.390 e. The van der Waals surface area contributed by atoms with E-state index in [9.17, 15) is 13.2 Å². The molecule has 0 atom stereocenters. The van der Waals surface area contributed by atoms with Gasteiger partial charge in [0.15, 0.2) is 0 Å². The summed E-state index contributed by atoms with van der Waals surface area (Å²) >= 11 is 6.17. The summed E-state index contributed by atoms with van der Waals surface area (Å²) in [6.45, 7) is 5.52. The van der Waals surface area contributed by atoms with E-state index in [2.05, 4.69) is 19.2 Å². The van der Waals surface area contributed by atoms with Gasteiger partial charge in [-0.2, -0.15) is 13.2 Å². The van der Waals surface area contributed by atoms with Crippen molar-refractivity contribution in [2.45, 2.75) is 33.0 Å². The molecule has 0 unspecified atom stereocenters. The second-order valence-electron chi connectivity index (χ2n) is 5.56. The van der Waals surface area contributed by atoms with Gasteiger partial charge in [0, 0.05) is 20.1 Å². The molecule has 0 bridgehead atoms. The van der Waals surface area contributed by atoms with Crippen LogP contribution in [0.5, 0.6) is 0 Å². The maximum absolute atomic E-state index is 12.4. The van der Waals surface area contributed by atoms with Crippen molar-refractivity contribution in [1.82, 2.24) is 5.32 Å². The van der Waals surface area contributed by atoms with Crippen molar-refractivity contribution in [3.63, 3.8) is 0 Å². The van der Waals surface area contributed by atoms with E-state index in [1.54, 1.807) is 18.0 Å². The molecule has 1 aromatic carbocycles. The van der Waals surface area contributed by atoms with Crippen molar-refractivity contribution in [2.75, 3.05) is 25.0 Å². The first kappa shape index (κ1) is 18.1. The summed E-state index contributed by atoms with van der Waals surface area (Å²) in [5, 5.41) is 3.76. The molecule has 1 rings (SSSR count). The zero-order valence-corrected chi connectivity index (χ0v) is 13.4. The molecular weight excluding hydrogens is 301 g/mol. The molecule has 0 fully saturated rings. The van der Waals surface area contributed by atoms with Gasteiger partial charge in [0.25, 0.3) is 0 Å². The van der Waals surface area contributed by atoms with Gasteiger partial charge in [0.1, 0.15) is 0 Å². The Morgan fingerprint density at radius 2 is 1.95 bits per heavy atom. The molecule has 0 spiro atoms. The number of alkyl halides is 3. The van der Waals surface area contributed by atoms with Crippen molar-refractivity contribution >= 4 is 17.3 Å². The Bertz CT molecular complexity index is 447. The minimum absolute atomic E-state index is 0.107. The Balaban J connectivity index is 2.79. The van der Waals surface area contributed by atoms with E-state index in [1.165, 1.54) is 0 Å². The standard InChI is InChI=1S/C15H22ClF3N2/c1-11(2)9-20-10-12-5-4-6-13(16)14(12)21(3)8-7-15(17,18)19/h4-6,11,20H,7-10H2,1-3H3. The number of rotatable bonds is 7. The smallest absolute Gasteiger partial charge is 0.373 e. The molecule has 0 aliphatic heterocycles. The van der Waals surface area contributed by atoms with Gasteiger partial charge in [-0.05, 0) is 24.1 Å². The number of hydrogen-bond acceptors (Lipinski definition) is 2. The molecule has 0 aliphatic carbocycles. The van der Waals surface area contributed by atoms with Crippen molar-refractivity contribution in [3.05, 3.63) is 28.8 Å². The highest BCUT2D eigenvalue weighted by atomic mass is 35.5. The van der Waals surface area contributed by atoms with Crippen LogP contribution in [0.2, 0.25) is 5.02 Å². The van der Waals surface area contributed by atoms with E-state index in [0.29, 0.717) is 23.2 Å². The molecule has 2 nitrogen and oxygen atoms in total. The van der Waals surface area contributed by atoms with Gasteiger partial charge in [0.2, 0.25) is 0 Å². The number of benzene rings is 1.